The van der Waals surface area contributed by atoms with Gasteiger partial charge in [0.1, 0.15) is 11.9 Å². The Kier molecular flexibility index (Phi) is 8.03. The molecule has 6 rings (SSSR count). The Morgan fingerprint density at radius 2 is 1.70 bits per heavy atom. The molecule has 1 unspecified atom stereocenters. The van der Waals surface area contributed by atoms with Crippen molar-refractivity contribution in [2.75, 3.05) is 36.4 Å². The van der Waals surface area contributed by atoms with Crippen LogP contribution in [0.4, 0.5) is 15.8 Å². The fraction of sp³-hybridized carbons (Fsp3) is 0.281. The number of nitrogens with one attached hydrogen (secondary N) is 2. The second-order valence-electron chi connectivity index (χ2n) is 11.0. The summed E-state index contributed by atoms with van der Waals surface area (Å²) in [6.45, 7) is 3.79. The lowest BCUT2D eigenvalue weighted by atomic mass is 10.0. The van der Waals surface area contributed by atoms with Gasteiger partial charge in [0.15, 0.2) is 0 Å². The Morgan fingerprint density at radius 3 is 2.39 bits per heavy atom. The number of carbonyl (C=O) groups excluding carboxylic acids is 4. The second kappa shape index (κ2) is 12.1. The van der Waals surface area contributed by atoms with Crippen molar-refractivity contribution in [3.8, 4) is 6.07 Å². The van der Waals surface area contributed by atoms with Gasteiger partial charge in [0.05, 0.1) is 33.5 Å². The average Bonchev–Trinajstić information content (AvgIpc) is 3.27. The molecule has 3 aromatic carbocycles. The van der Waals surface area contributed by atoms with Crippen LogP contribution >= 0.6 is 11.6 Å². The number of nitrogens with zero attached hydrogens (tertiary/aromatic N) is 4. The monoisotopic (exact) mass is 614 g/mol. The van der Waals surface area contributed by atoms with Crippen LogP contribution in [-0.2, 0) is 22.7 Å². The molecule has 3 heterocycles. The molecule has 2 saturated heterocycles. The molecule has 224 valence electrons. The lowest BCUT2D eigenvalue weighted by molar-refractivity contribution is -0.136. The lowest BCUT2D eigenvalue weighted by Crippen LogP contribution is -2.54. The molecule has 0 aliphatic carbocycles. The fourth-order valence-corrected chi connectivity index (χ4v) is 6.27. The van der Waals surface area contributed by atoms with Crippen LogP contribution in [0.3, 0.4) is 0 Å². The van der Waals surface area contributed by atoms with Gasteiger partial charge in [0.25, 0.3) is 11.8 Å². The maximum atomic E-state index is 14.6. The number of piperazine rings is 1. The normalized spacial score (nSPS) is 18.7. The van der Waals surface area contributed by atoms with E-state index in [4.69, 9.17) is 16.9 Å². The van der Waals surface area contributed by atoms with Crippen LogP contribution in [0.25, 0.3) is 0 Å². The van der Waals surface area contributed by atoms with Gasteiger partial charge >= 0.3 is 0 Å². The highest BCUT2D eigenvalue weighted by Crippen LogP contribution is 2.33. The van der Waals surface area contributed by atoms with Gasteiger partial charge < -0.3 is 10.2 Å². The number of benzene rings is 3. The molecule has 0 saturated carbocycles. The highest BCUT2D eigenvalue weighted by Gasteiger charge is 2.45. The summed E-state index contributed by atoms with van der Waals surface area (Å²) in [5.74, 6) is -2.65. The predicted molar refractivity (Wildman–Crippen MR) is 160 cm³/mol. The maximum absolute atomic E-state index is 14.6. The van der Waals surface area contributed by atoms with E-state index in [0.29, 0.717) is 31.0 Å². The van der Waals surface area contributed by atoms with Gasteiger partial charge in [-0.3, -0.25) is 34.3 Å². The van der Waals surface area contributed by atoms with E-state index in [1.807, 2.05) is 35.2 Å². The van der Waals surface area contributed by atoms with E-state index in [0.717, 1.165) is 35.7 Å². The predicted octanol–water partition coefficient (Wildman–Crippen LogP) is 3.69. The van der Waals surface area contributed by atoms with E-state index >= 15 is 0 Å². The summed E-state index contributed by atoms with van der Waals surface area (Å²) in [4.78, 5) is 55.5. The quantitative estimate of drug-likeness (QED) is 0.386. The standard InChI is InChI=1S/C32H28ClFN6O4/c33-23-14-21(16-35)15-24(34)29(23)39-12-10-38(11-13-39)18-20-6-4-19(5-7-20)17-36-25-3-1-2-22-28(25)32(44)40(31(22)43)26-8-9-27(41)37-30(26)42/h1-7,14-15,26,36H,8-13,17-18H2,(H,37,41,42). The topological polar surface area (TPSA) is 126 Å². The fourth-order valence-electron chi connectivity index (χ4n) is 5.94. The number of nitriles is 1. The summed E-state index contributed by atoms with van der Waals surface area (Å²) < 4.78 is 14.6. The number of amides is 4. The molecule has 4 amide bonds. The van der Waals surface area contributed by atoms with Crippen molar-refractivity contribution in [2.45, 2.75) is 32.0 Å². The molecule has 0 radical (unpaired) electrons. The molecule has 2 N–H and O–H groups in total. The van der Waals surface area contributed by atoms with E-state index in [9.17, 15) is 23.6 Å². The van der Waals surface area contributed by atoms with E-state index in [1.165, 1.54) is 12.1 Å². The van der Waals surface area contributed by atoms with Crippen LogP contribution in [0.15, 0.2) is 54.6 Å². The van der Waals surface area contributed by atoms with Gasteiger partial charge in [0.2, 0.25) is 11.8 Å². The van der Waals surface area contributed by atoms with E-state index in [-0.39, 0.29) is 34.6 Å². The van der Waals surface area contributed by atoms with Crippen LogP contribution in [-0.4, -0.2) is 65.6 Å². The van der Waals surface area contributed by atoms with Crippen molar-refractivity contribution in [3.05, 3.63) is 93.3 Å². The van der Waals surface area contributed by atoms with Crippen LogP contribution in [0.5, 0.6) is 0 Å². The van der Waals surface area contributed by atoms with Gasteiger partial charge in [-0.25, -0.2) is 4.39 Å². The number of fused-ring (bicyclic) bond motifs is 1. The third kappa shape index (κ3) is 5.62. The Balaban J connectivity index is 1.05. The molecular weight excluding hydrogens is 587 g/mol. The number of carbonyl (C=O) groups is 4. The molecule has 0 bridgehead atoms. The van der Waals surface area contributed by atoms with Crippen molar-refractivity contribution >= 4 is 46.6 Å². The van der Waals surface area contributed by atoms with Crippen LogP contribution in [0, 0.1) is 17.1 Å². The number of hydrogen-bond donors (Lipinski definition) is 2. The Bertz CT molecular complexity index is 1690. The van der Waals surface area contributed by atoms with Gasteiger partial charge in [-0.2, -0.15) is 5.26 Å². The Morgan fingerprint density at radius 1 is 0.977 bits per heavy atom. The highest BCUT2D eigenvalue weighted by molar-refractivity contribution is 6.33. The van der Waals surface area contributed by atoms with Crippen molar-refractivity contribution in [1.82, 2.24) is 15.1 Å². The minimum absolute atomic E-state index is 0.0641. The first-order valence-corrected chi connectivity index (χ1v) is 14.6. The zero-order valence-electron chi connectivity index (χ0n) is 23.6. The third-order valence-corrected chi connectivity index (χ3v) is 8.50. The first kappa shape index (κ1) is 29.3. The molecule has 2 fully saturated rings. The maximum Gasteiger partial charge on any atom is 0.264 e. The van der Waals surface area contributed by atoms with Crippen molar-refractivity contribution in [2.24, 2.45) is 0 Å². The van der Waals surface area contributed by atoms with E-state index in [2.05, 4.69) is 15.5 Å². The molecule has 10 nitrogen and oxygen atoms in total. The number of halogens is 2. The summed E-state index contributed by atoms with van der Waals surface area (Å²) in [7, 11) is 0. The Hall–Kier alpha value is -4.79. The number of hydrogen-bond acceptors (Lipinski definition) is 8. The van der Waals surface area contributed by atoms with Gasteiger partial charge in [-0.05, 0) is 41.8 Å². The third-order valence-electron chi connectivity index (χ3n) is 8.21. The highest BCUT2D eigenvalue weighted by atomic mass is 35.5. The molecule has 1 atom stereocenters. The van der Waals surface area contributed by atoms with E-state index < -0.39 is 35.5 Å². The molecule has 3 aliphatic rings. The van der Waals surface area contributed by atoms with Crippen LogP contribution < -0.4 is 15.5 Å². The molecule has 3 aromatic rings. The van der Waals surface area contributed by atoms with Gasteiger partial charge in [-0.1, -0.05) is 41.9 Å². The van der Waals surface area contributed by atoms with Crippen molar-refractivity contribution in [1.29, 1.82) is 5.26 Å². The lowest BCUT2D eigenvalue weighted by Gasteiger charge is -2.36. The van der Waals surface area contributed by atoms with Crippen molar-refractivity contribution in [3.63, 3.8) is 0 Å². The zero-order valence-corrected chi connectivity index (χ0v) is 24.4. The molecule has 0 spiro atoms. The molecule has 12 heteroatoms. The van der Waals surface area contributed by atoms with Gasteiger partial charge in [0, 0.05) is 51.4 Å². The summed E-state index contributed by atoms with van der Waals surface area (Å²) >= 11 is 6.27. The molecule has 44 heavy (non-hydrogen) atoms. The summed E-state index contributed by atoms with van der Waals surface area (Å²) in [5.41, 5.74) is 3.56. The first-order valence-electron chi connectivity index (χ1n) is 14.3. The minimum atomic E-state index is -1.02. The van der Waals surface area contributed by atoms with Crippen LogP contribution in [0.2, 0.25) is 5.02 Å². The summed E-state index contributed by atoms with van der Waals surface area (Å²) in [6, 6.07) is 16.6. The summed E-state index contributed by atoms with van der Waals surface area (Å²) in [6.07, 6.45) is 0.166. The average molecular weight is 615 g/mol. The number of imide groups is 2. The zero-order chi connectivity index (χ0) is 31.0. The number of anilines is 2. The van der Waals surface area contributed by atoms with Crippen molar-refractivity contribution < 1.29 is 23.6 Å². The second-order valence-corrected chi connectivity index (χ2v) is 11.4. The molecule has 0 aromatic heterocycles. The number of rotatable bonds is 7. The van der Waals surface area contributed by atoms with Gasteiger partial charge in [-0.15, -0.1) is 0 Å². The van der Waals surface area contributed by atoms with Crippen LogP contribution in [0.1, 0.15) is 50.2 Å². The molecular formula is C32H28ClFN6O4. The largest absolute Gasteiger partial charge is 0.380 e. The first-order chi connectivity index (χ1) is 21.2. The minimum Gasteiger partial charge on any atom is -0.380 e. The smallest absolute Gasteiger partial charge is 0.264 e. The van der Waals surface area contributed by atoms with E-state index in [1.54, 1.807) is 18.2 Å². The number of piperidine rings is 1. The Labute approximate surface area is 258 Å². The summed E-state index contributed by atoms with van der Waals surface area (Å²) in [5, 5.41) is 14.7. The molecule has 3 aliphatic heterocycles. The SMILES string of the molecule is N#Cc1cc(F)c(N2CCN(Cc3ccc(CNc4cccc5c4C(=O)N(C4CCC(=O)NC4=O)C5=O)cc3)CC2)c(Cl)c1.